The summed E-state index contributed by atoms with van der Waals surface area (Å²) in [6, 6.07) is 16.7. The van der Waals surface area contributed by atoms with E-state index in [9.17, 15) is 0 Å². The fraction of sp³-hybridized carbons (Fsp3) is 0.0588. The van der Waals surface area contributed by atoms with Crippen molar-refractivity contribution in [2.45, 2.75) is 6.92 Å². The molecule has 0 bridgehead atoms. The fourth-order valence-corrected chi connectivity index (χ4v) is 3.38. The molecule has 0 radical (unpaired) electrons. The topological polar surface area (TPSA) is 30.7 Å². The third-order valence-electron chi connectivity index (χ3n) is 3.45. The molecule has 2 heterocycles. The van der Waals surface area contributed by atoms with Gasteiger partial charge in [-0.3, -0.25) is 0 Å². The smallest absolute Gasteiger partial charge is 0.0907 e. The van der Waals surface area contributed by atoms with Gasteiger partial charge in [-0.25, -0.2) is 9.67 Å². The Hall–Kier alpha value is -2.46. The fourth-order valence-electron chi connectivity index (χ4n) is 2.53. The number of aromatic nitrogens is 3. The lowest BCUT2D eigenvalue weighted by atomic mass is 10.0. The monoisotopic (exact) mass is 291 g/mol. The number of aryl methyl sites for hydroxylation is 1. The average Bonchev–Trinajstić information content (AvgIpc) is 3.14. The molecule has 0 aliphatic heterocycles. The van der Waals surface area contributed by atoms with Crippen molar-refractivity contribution in [2.24, 2.45) is 0 Å². The van der Waals surface area contributed by atoms with Crippen molar-refractivity contribution in [3.05, 3.63) is 65.9 Å². The van der Waals surface area contributed by atoms with Crippen LogP contribution in [-0.2, 0) is 0 Å². The Balaban J connectivity index is 2.04. The van der Waals surface area contributed by atoms with Crippen molar-refractivity contribution < 1.29 is 0 Å². The quantitative estimate of drug-likeness (QED) is 0.546. The van der Waals surface area contributed by atoms with Crippen molar-refractivity contribution >= 4 is 21.6 Å². The molecule has 0 aliphatic rings. The normalized spacial score (nSPS) is 11.1. The predicted octanol–water partition coefficient (Wildman–Crippen LogP) is 4.46. The molecule has 0 spiro atoms. The highest BCUT2D eigenvalue weighted by atomic mass is 32.1. The van der Waals surface area contributed by atoms with E-state index in [4.69, 9.17) is 0 Å². The largest absolute Gasteiger partial charge is 0.241 e. The molecule has 0 aliphatic carbocycles. The number of fused-ring (bicyclic) bond motifs is 1. The average molecular weight is 291 g/mol. The molecule has 4 aromatic rings. The van der Waals surface area contributed by atoms with Gasteiger partial charge in [-0.05, 0) is 30.7 Å². The third-order valence-corrected chi connectivity index (χ3v) is 4.38. The Morgan fingerprint density at radius 2 is 1.90 bits per heavy atom. The van der Waals surface area contributed by atoms with Crippen LogP contribution in [0.15, 0.2) is 60.9 Å². The van der Waals surface area contributed by atoms with Gasteiger partial charge in [0.2, 0.25) is 0 Å². The first kappa shape index (κ1) is 12.3. The van der Waals surface area contributed by atoms with Gasteiger partial charge in [-0.15, -0.1) is 11.3 Å². The standard InChI is InChI=1S/C17H13N3S/c1-12-19-15-11-16(20-9-5-8-18-20)14(10-17(15)21-12)13-6-3-2-4-7-13/h2-11H,1H3. The van der Waals surface area contributed by atoms with Gasteiger partial charge in [0.15, 0.2) is 0 Å². The van der Waals surface area contributed by atoms with Gasteiger partial charge in [0, 0.05) is 18.0 Å². The number of benzene rings is 2. The minimum Gasteiger partial charge on any atom is -0.241 e. The van der Waals surface area contributed by atoms with Crippen LogP contribution in [0.3, 0.4) is 0 Å². The van der Waals surface area contributed by atoms with Crippen LogP contribution in [0, 0.1) is 6.92 Å². The molecule has 102 valence electrons. The van der Waals surface area contributed by atoms with Crippen molar-refractivity contribution in [2.75, 3.05) is 0 Å². The van der Waals surface area contributed by atoms with Crippen LogP contribution in [0.2, 0.25) is 0 Å². The van der Waals surface area contributed by atoms with Gasteiger partial charge in [-0.2, -0.15) is 5.10 Å². The van der Waals surface area contributed by atoms with E-state index in [1.54, 1.807) is 17.5 Å². The summed E-state index contributed by atoms with van der Waals surface area (Å²) >= 11 is 1.73. The maximum absolute atomic E-state index is 4.60. The minimum absolute atomic E-state index is 1.03. The molecule has 0 saturated carbocycles. The van der Waals surface area contributed by atoms with Crippen molar-refractivity contribution in [1.82, 2.24) is 14.8 Å². The van der Waals surface area contributed by atoms with E-state index in [2.05, 4.69) is 46.5 Å². The van der Waals surface area contributed by atoms with Crippen LogP contribution in [0.4, 0.5) is 0 Å². The summed E-state index contributed by atoms with van der Waals surface area (Å²) in [5.41, 5.74) is 4.46. The molecule has 0 N–H and O–H groups in total. The predicted molar refractivity (Wildman–Crippen MR) is 86.9 cm³/mol. The van der Waals surface area contributed by atoms with Crippen LogP contribution in [-0.4, -0.2) is 14.8 Å². The van der Waals surface area contributed by atoms with E-state index in [1.807, 2.05) is 29.9 Å². The maximum atomic E-state index is 4.60. The summed E-state index contributed by atoms with van der Waals surface area (Å²) in [5, 5.41) is 5.46. The second kappa shape index (κ2) is 4.82. The van der Waals surface area contributed by atoms with Gasteiger partial charge in [-0.1, -0.05) is 30.3 Å². The summed E-state index contributed by atoms with van der Waals surface area (Å²) in [5.74, 6) is 0. The summed E-state index contributed by atoms with van der Waals surface area (Å²) in [4.78, 5) is 4.60. The Kier molecular flexibility index (Phi) is 2.82. The molecular weight excluding hydrogens is 278 g/mol. The lowest BCUT2D eigenvalue weighted by Gasteiger charge is -2.10. The second-order valence-corrected chi connectivity index (χ2v) is 6.12. The highest BCUT2D eigenvalue weighted by Crippen LogP contribution is 2.33. The summed E-state index contributed by atoms with van der Waals surface area (Å²) in [7, 11) is 0. The van der Waals surface area contributed by atoms with Crippen LogP contribution in [0.5, 0.6) is 0 Å². The van der Waals surface area contributed by atoms with E-state index in [1.165, 1.54) is 15.8 Å². The Bertz CT molecular complexity index is 893. The van der Waals surface area contributed by atoms with E-state index >= 15 is 0 Å². The van der Waals surface area contributed by atoms with Gasteiger partial charge in [0.1, 0.15) is 0 Å². The van der Waals surface area contributed by atoms with Crippen LogP contribution < -0.4 is 0 Å². The summed E-state index contributed by atoms with van der Waals surface area (Å²) in [6.45, 7) is 2.04. The highest BCUT2D eigenvalue weighted by Gasteiger charge is 2.11. The van der Waals surface area contributed by atoms with Crippen LogP contribution >= 0.6 is 11.3 Å². The van der Waals surface area contributed by atoms with E-state index < -0.39 is 0 Å². The molecule has 2 aromatic heterocycles. The van der Waals surface area contributed by atoms with Gasteiger partial charge in [0.05, 0.1) is 20.9 Å². The summed E-state index contributed by atoms with van der Waals surface area (Å²) < 4.78 is 3.11. The molecule has 2 aromatic carbocycles. The first-order chi connectivity index (χ1) is 10.3. The zero-order valence-electron chi connectivity index (χ0n) is 11.5. The van der Waals surface area contributed by atoms with Crippen molar-refractivity contribution in [3.8, 4) is 16.8 Å². The number of nitrogens with zero attached hydrogens (tertiary/aromatic N) is 3. The van der Waals surface area contributed by atoms with Gasteiger partial charge >= 0.3 is 0 Å². The molecule has 21 heavy (non-hydrogen) atoms. The number of rotatable bonds is 2. The lowest BCUT2D eigenvalue weighted by molar-refractivity contribution is 0.883. The molecule has 0 saturated heterocycles. The van der Waals surface area contributed by atoms with Gasteiger partial charge < -0.3 is 0 Å². The molecular formula is C17H13N3S. The molecule has 4 rings (SSSR count). The Labute approximate surface area is 126 Å². The van der Waals surface area contributed by atoms with E-state index in [-0.39, 0.29) is 0 Å². The number of hydrogen-bond acceptors (Lipinski definition) is 3. The summed E-state index contributed by atoms with van der Waals surface area (Å²) in [6.07, 6.45) is 3.76. The zero-order chi connectivity index (χ0) is 14.2. The lowest BCUT2D eigenvalue weighted by Crippen LogP contribution is -1.97. The number of thiazole rings is 1. The van der Waals surface area contributed by atoms with Crippen molar-refractivity contribution in [1.29, 1.82) is 0 Å². The van der Waals surface area contributed by atoms with E-state index in [0.717, 1.165) is 16.2 Å². The van der Waals surface area contributed by atoms with Gasteiger partial charge in [0.25, 0.3) is 0 Å². The molecule has 0 unspecified atom stereocenters. The van der Waals surface area contributed by atoms with E-state index in [0.29, 0.717) is 0 Å². The van der Waals surface area contributed by atoms with Crippen LogP contribution in [0.1, 0.15) is 5.01 Å². The molecule has 3 nitrogen and oxygen atoms in total. The minimum atomic E-state index is 1.03. The van der Waals surface area contributed by atoms with Crippen molar-refractivity contribution in [3.63, 3.8) is 0 Å². The highest BCUT2D eigenvalue weighted by molar-refractivity contribution is 7.18. The second-order valence-electron chi connectivity index (χ2n) is 4.89. The Morgan fingerprint density at radius 3 is 2.67 bits per heavy atom. The zero-order valence-corrected chi connectivity index (χ0v) is 12.3. The molecule has 0 amide bonds. The first-order valence-electron chi connectivity index (χ1n) is 6.78. The molecule has 4 heteroatoms. The van der Waals surface area contributed by atoms with Crippen LogP contribution in [0.25, 0.3) is 27.0 Å². The SMILES string of the molecule is Cc1nc2cc(-n3cccn3)c(-c3ccccc3)cc2s1. The molecule has 0 fully saturated rings. The molecule has 0 atom stereocenters. The third kappa shape index (κ3) is 2.14. The maximum Gasteiger partial charge on any atom is 0.0907 e. The first-order valence-corrected chi connectivity index (χ1v) is 7.59. The Morgan fingerprint density at radius 1 is 1.05 bits per heavy atom. The number of hydrogen-bond donors (Lipinski definition) is 0.